The van der Waals surface area contributed by atoms with Gasteiger partial charge in [-0.1, -0.05) is 0 Å². The number of methoxy groups -OCH3 is 1. The number of aromatic nitrogens is 4. The van der Waals surface area contributed by atoms with Gasteiger partial charge in [0.25, 0.3) is 5.91 Å². The zero-order valence-electron chi connectivity index (χ0n) is 19.8. The smallest absolute Gasteiger partial charge is 0.418 e. The van der Waals surface area contributed by atoms with Crippen LogP contribution in [0.1, 0.15) is 29.8 Å². The minimum Gasteiger partial charge on any atom is -0.480 e. The first kappa shape index (κ1) is 26.5. The maximum atomic E-state index is 14.7. The molecular weight excluding hydrogens is 522 g/mol. The lowest BCUT2D eigenvalue weighted by molar-refractivity contribution is -0.136. The predicted octanol–water partition coefficient (Wildman–Crippen LogP) is 1.89. The van der Waals surface area contributed by atoms with E-state index in [4.69, 9.17) is 10.5 Å². The Bertz CT molecular complexity index is 1460. The van der Waals surface area contributed by atoms with E-state index < -0.39 is 63.0 Å². The molecule has 1 amide bonds. The number of fused-ring (bicyclic) bond motifs is 1. The van der Waals surface area contributed by atoms with Crippen molar-refractivity contribution in [1.82, 2.24) is 29.2 Å². The van der Waals surface area contributed by atoms with Crippen molar-refractivity contribution in [2.24, 2.45) is 0 Å². The minimum atomic E-state index is -4.77. The fourth-order valence-electron chi connectivity index (χ4n) is 4.03. The van der Waals surface area contributed by atoms with Crippen molar-refractivity contribution < 1.29 is 35.5 Å². The molecule has 1 fully saturated rings. The van der Waals surface area contributed by atoms with Crippen LogP contribution in [0.2, 0.25) is 0 Å². The van der Waals surface area contributed by atoms with E-state index in [2.05, 4.69) is 20.4 Å². The number of carbonyl (C=O) groups excluding carboxylic acids is 1. The van der Waals surface area contributed by atoms with Crippen LogP contribution in [0.4, 0.5) is 23.4 Å². The summed E-state index contributed by atoms with van der Waals surface area (Å²) in [6.45, 7) is 2.23. The van der Waals surface area contributed by atoms with Gasteiger partial charge >= 0.3 is 6.18 Å². The second-order valence-corrected chi connectivity index (χ2v) is 11.1. The second kappa shape index (κ2) is 9.41. The lowest BCUT2D eigenvalue weighted by Gasteiger charge is -2.19. The maximum Gasteiger partial charge on any atom is 0.418 e. The first-order chi connectivity index (χ1) is 17.3. The number of carbonyl (C=O) groups is 1. The molecule has 200 valence electrons. The number of sulfonamides is 1. The lowest BCUT2D eigenvalue weighted by Crippen LogP contribution is -2.42. The molecule has 0 bridgehead atoms. The Labute approximate surface area is 208 Å². The number of hydrogen-bond acceptors (Lipinski definition) is 8. The number of nitrogens with one attached hydrogen (secondary N) is 1. The van der Waals surface area contributed by atoms with Crippen LogP contribution in [0.15, 0.2) is 24.7 Å². The molecule has 0 spiro atoms. The summed E-state index contributed by atoms with van der Waals surface area (Å²) >= 11 is 0. The SMILES string of the molecule is COc1ncc(-c2cc(C(F)(F)F)c3c(N)ncnn23)cc1C(=O)NC1CN(S(=O)(=O)C(C)C)CC1F. The Morgan fingerprint density at radius 2 is 1.95 bits per heavy atom. The van der Waals surface area contributed by atoms with Crippen LogP contribution in [0.5, 0.6) is 5.88 Å². The van der Waals surface area contributed by atoms with Gasteiger partial charge in [0.1, 0.15) is 23.6 Å². The normalized spacial score (nSPS) is 19.0. The van der Waals surface area contributed by atoms with E-state index in [0.717, 1.165) is 21.2 Å². The van der Waals surface area contributed by atoms with E-state index >= 15 is 0 Å². The van der Waals surface area contributed by atoms with Gasteiger partial charge in [0.15, 0.2) is 5.82 Å². The zero-order chi connectivity index (χ0) is 27.3. The summed E-state index contributed by atoms with van der Waals surface area (Å²) < 4.78 is 87.5. The second-order valence-electron chi connectivity index (χ2n) is 8.63. The number of amides is 1. The molecule has 16 heteroatoms. The molecule has 2 unspecified atom stereocenters. The van der Waals surface area contributed by atoms with Crippen LogP contribution < -0.4 is 15.8 Å². The van der Waals surface area contributed by atoms with Gasteiger partial charge in [-0.05, 0) is 26.0 Å². The number of halogens is 4. The van der Waals surface area contributed by atoms with E-state index in [1.165, 1.54) is 33.2 Å². The first-order valence-corrected chi connectivity index (χ1v) is 12.4. The third-order valence-corrected chi connectivity index (χ3v) is 8.17. The summed E-state index contributed by atoms with van der Waals surface area (Å²) in [5, 5.41) is 5.53. The molecular formula is C21H23F4N7O4S. The molecule has 0 radical (unpaired) electrons. The quantitative estimate of drug-likeness (QED) is 0.447. The number of rotatable bonds is 6. The van der Waals surface area contributed by atoms with Crippen LogP contribution in [-0.2, 0) is 16.2 Å². The molecule has 1 saturated heterocycles. The molecule has 4 heterocycles. The average Bonchev–Trinajstić information content (AvgIpc) is 3.40. The predicted molar refractivity (Wildman–Crippen MR) is 124 cm³/mol. The third-order valence-electron chi connectivity index (χ3n) is 5.96. The number of nitrogens with two attached hydrogens (primary N) is 1. The Balaban J connectivity index is 1.70. The number of nitrogen functional groups attached to an aromatic ring is 1. The molecule has 3 aromatic rings. The maximum absolute atomic E-state index is 14.7. The van der Waals surface area contributed by atoms with Crippen molar-refractivity contribution in [2.75, 3.05) is 25.9 Å². The number of anilines is 1. The van der Waals surface area contributed by atoms with Crippen molar-refractivity contribution >= 4 is 27.3 Å². The standard InChI is InChI=1S/C21H23F4N7O4S/c1-10(2)37(34,35)31-7-14(22)15(8-31)30-19(33)12-4-11(6-27-20(12)36-3)16-5-13(21(23,24)25)17-18(26)28-9-29-32(16)17/h4-6,9-10,14-15H,7-8H2,1-3H3,(H,30,33)(H2,26,28,29). The molecule has 2 atom stereocenters. The van der Waals surface area contributed by atoms with Crippen LogP contribution in [-0.4, -0.2) is 75.9 Å². The number of alkyl halides is 4. The summed E-state index contributed by atoms with van der Waals surface area (Å²) in [6, 6.07) is 0.855. The van der Waals surface area contributed by atoms with Crippen molar-refractivity contribution in [3.8, 4) is 17.1 Å². The molecule has 3 aromatic heterocycles. The van der Waals surface area contributed by atoms with E-state index in [-0.39, 0.29) is 29.2 Å². The summed E-state index contributed by atoms with van der Waals surface area (Å²) in [6.07, 6.45) is -4.29. The van der Waals surface area contributed by atoms with Gasteiger partial charge in [-0.25, -0.2) is 27.3 Å². The number of nitrogens with zero attached hydrogens (tertiary/aromatic N) is 5. The van der Waals surface area contributed by atoms with Gasteiger partial charge < -0.3 is 15.8 Å². The summed E-state index contributed by atoms with van der Waals surface area (Å²) in [5.41, 5.74) is 3.90. The zero-order valence-corrected chi connectivity index (χ0v) is 20.6. The summed E-state index contributed by atoms with van der Waals surface area (Å²) in [4.78, 5) is 20.7. The molecule has 0 aliphatic carbocycles. The average molecular weight is 546 g/mol. The molecule has 3 N–H and O–H groups in total. The Morgan fingerprint density at radius 3 is 2.57 bits per heavy atom. The summed E-state index contributed by atoms with van der Waals surface area (Å²) in [5.74, 6) is -1.43. The van der Waals surface area contributed by atoms with Gasteiger partial charge in [0.2, 0.25) is 15.9 Å². The molecule has 0 aromatic carbocycles. The monoisotopic (exact) mass is 545 g/mol. The fraction of sp³-hybridized carbons (Fsp3) is 0.429. The van der Waals surface area contributed by atoms with Crippen LogP contribution in [0, 0.1) is 0 Å². The topological polar surface area (TPSA) is 145 Å². The minimum absolute atomic E-state index is 0.0572. The largest absolute Gasteiger partial charge is 0.480 e. The highest BCUT2D eigenvalue weighted by Crippen LogP contribution is 2.39. The van der Waals surface area contributed by atoms with Crippen LogP contribution in [0.3, 0.4) is 0 Å². The Kier molecular flexibility index (Phi) is 6.74. The first-order valence-electron chi connectivity index (χ1n) is 10.9. The highest BCUT2D eigenvalue weighted by molar-refractivity contribution is 7.89. The number of pyridine rings is 1. The van der Waals surface area contributed by atoms with E-state index in [9.17, 15) is 30.8 Å². The van der Waals surface area contributed by atoms with Gasteiger partial charge in [0, 0.05) is 24.8 Å². The molecule has 1 aliphatic rings. The highest BCUT2D eigenvalue weighted by Gasteiger charge is 2.41. The van der Waals surface area contributed by atoms with Crippen molar-refractivity contribution in [3.05, 3.63) is 35.8 Å². The molecule has 1 aliphatic heterocycles. The number of hydrogen-bond donors (Lipinski definition) is 2. The molecule has 11 nitrogen and oxygen atoms in total. The Hall–Kier alpha value is -3.53. The van der Waals surface area contributed by atoms with Gasteiger partial charge in [-0.3, -0.25) is 4.79 Å². The Morgan fingerprint density at radius 1 is 1.24 bits per heavy atom. The number of ether oxygens (including phenoxy) is 1. The van der Waals surface area contributed by atoms with Crippen LogP contribution >= 0.6 is 0 Å². The highest BCUT2D eigenvalue weighted by atomic mass is 32.2. The van der Waals surface area contributed by atoms with Crippen LogP contribution in [0.25, 0.3) is 16.8 Å². The summed E-state index contributed by atoms with van der Waals surface area (Å²) in [7, 11) is -2.52. The van der Waals surface area contributed by atoms with E-state index in [0.29, 0.717) is 0 Å². The third kappa shape index (κ3) is 4.77. The van der Waals surface area contributed by atoms with Gasteiger partial charge in [0.05, 0.1) is 29.7 Å². The molecule has 37 heavy (non-hydrogen) atoms. The molecule has 0 saturated carbocycles. The van der Waals surface area contributed by atoms with E-state index in [1.807, 2.05) is 0 Å². The van der Waals surface area contributed by atoms with Crippen molar-refractivity contribution in [3.63, 3.8) is 0 Å². The van der Waals surface area contributed by atoms with Gasteiger partial charge in [-0.15, -0.1) is 0 Å². The van der Waals surface area contributed by atoms with Gasteiger partial charge in [-0.2, -0.15) is 22.6 Å². The van der Waals surface area contributed by atoms with E-state index in [1.54, 1.807) is 0 Å². The molecule has 4 rings (SSSR count). The lowest BCUT2D eigenvalue weighted by atomic mass is 10.1. The fourth-order valence-corrected chi connectivity index (χ4v) is 5.34. The van der Waals surface area contributed by atoms with Crippen molar-refractivity contribution in [2.45, 2.75) is 37.5 Å². The van der Waals surface area contributed by atoms with Crippen molar-refractivity contribution in [1.29, 1.82) is 0 Å².